The van der Waals surface area contributed by atoms with Gasteiger partial charge in [0.2, 0.25) is 0 Å². The molecule has 15 heavy (non-hydrogen) atoms. The standard InChI is InChI=1S/C10H17N3O2/c1-3-13-7-9(6-12-13)8(5-11)4-10(14)15-2/h6-8H,3-5,11H2,1-2H3. The van der Waals surface area contributed by atoms with Gasteiger partial charge in [-0.2, -0.15) is 5.10 Å². The maximum absolute atomic E-state index is 11.1. The highest BCUT2D eigenvalue weighted by atomic mass is 16.5. The molecule has 0 aromatic carbocycles. The summed E-state index contributed by atoms with van der Waals surface area (Å²) < 4.78 is 6.43. The second-order valence-corrected chi connectivity index (χ2v) is 3.34. The second-order valence-electron chi connectivity index (χ2n) is 3.34. The Balaban J connectivity index is 2.69. The molecule has 0 aliphatic carbocycles. The maximum atomic E-state index is 11.1. The van der Waals surface area contributed by atoms with E-state index in [1.165, 1.54) is 7.11 Å². The van der Waals surface area contributed by atoms with E-state index in [1.807, 2.05) is 17.8 Å². The molecule has 5 nitrogen and oxygen atoms in total. The normalized spacial score (nSPS) is 12.5. The number of carbonyl (C=O) groups excluding carboxylic acids is 1. The van der Waals surface area contributed by atoms with E-state index in [-0.39, 0.29) is 11.9 Å². The molecule has 2 N–H and O–H groups in total. The Hall–Kier alpha value is -1.36. The molecule has 0 spiro atoms. The first kappa shape index (κ1) is 11.7. The smallest absolute Gasteiger partial charge is 0.306 e. The third-order valence-electron chi connectivity index (χ3n) is 2.37. The minimum absolute atomic E-state index is 0.00208. The number of nitrogens with zero attached hydrogens (tertiary/aromatic N) is 2. The first-order valence-corrected chi connectivity index (χ1v) is 5.00. The average molecular weight is 211 g/mol. The first-order valence-electron chi connectivity index (χ1n) is 5.00. The summed E-state index contributed by atoms with van der Waals surface area (Å²) in [7, 11) is 1.38. The fourth-order valence-corrected chi connectivity index (χ4v) is 1.39. The van der Waals surface area contributed by atoms with Crippen LogP contribution < -0.4 is 5.73 Å². The molecular weight excluding hydrogens is 194 g/mol. The quantitative estimate of drug-likeness (QED) is 0.720. The van der Waals surface area contributed by atoms with Crippen LogP contribution in [0.25, 0.3) is 0 Å². The van der Waals surface area contributed by atoms with Gasteiger partial charge in [0.1, 0.15) is 0 Å². The van der Waals surface area contributed by atoms with Crippen molar-refractivity contribution in [3.63, 3.8) is 0 Å². The summed E-state index contributed by atoms with van der Waals surface area (Å²) in [6, 6.07) is 0. The molecule has 1 heterocycles. The lowest BCUT2D eigenvalue weighted by Gasteiger charge is -2.10. The van der Waals surface area contributed by atoms with Crippen molar-refractivity contribution in [2.24, 2.45) is 5.73 Å². The van der Waals surface area contributed by atoms with Crippen LogP contribution >= 0.6 is 0 Å². The Morgan fingerprint density at radius 1 is 1.73 bits per heavy atom. The van der Waals surface area contributed by atoms with Crippen LogP contribution in [0.2, 0.25) is 0 Å². The Morgan fingerprint density at radius 3 is 2.93 bits per heavy atom. The van der Waals surface area contributed by atoms with Crippen molar-refractivity contribution in [1.82, 2.24) is 9.78 Å². The number of ether oxygens (including phenoxy) is 1. The van der Waals surface area contributed by atoms with Crippen molar-refractivity contribution in [3.05, 3.63) is 18.0 Å². The lowest BCUT2D eigenvalue weighted by molar-refractivity contribution is -0.141. The highest BCUT2D eigenvalue weighted by Crippen LogP contribution is 2.18. The van der Waals surface area contributed by atoms with E-state index in [1.54, 1.807) is 6.20 Å². The Morgan fingerprint density at radius 2 is 2.47 bits per heavy atom. The van der Waals surface area contributed by atoms with Gasteiger partial charge < -0.3 is 10.5 Å². The zero-order chi connectivity index (χ0) is 11.3. The number of rotatable bonds is 5. The van der Waals surface area contributed by atoms with Crippen molar-refractivity contribution < 1.29 is 9.53 Å². The first-order chi connectivity index (χ1) is 7.21. The fourth-order valence-electron chi connectivity index (χ4n) is 1.39. The molecule has 1 aromatic rings. The van der Waals surface area contributed by atoms with Crippen LogP contribution in [-0.4, -0.2) is 29.4 Å². The fraction of sp³-hybridized carbons (Fsp3) is 0.600. The van der Waals surface area contributed by atoms with E-state index in [2.05, 4.69) is 9.84 Å². The zero-order valence-corrected chi connectivity index (χ0v) is 9.14. The molecule has 1 unspecified atom stereocenters. The summed E-state index contributed by atoms with van der Waals surface area (Å²) in [5.41, 5.74) is 6.60. The van der Waals surface area contributed by atoms with Gasteiger partial charge in [0.05, 0.1) is 19.7 Å². The van der Waals surface area contributed by atoms with E-state index >= 15 is 0 Å². The van der Waals surface area contributed by atoms with Crippen molar-refractivity contribution in [2.45, 2.75) is 25.8 Å². The molecular formula is C10H17N3O2. The van der Waals surface area contributed by atoms with Gasteiger partial charge in [-0.25, -0.2) is 0 Å². The third-order valence-corrected chi connectivity index (χ3v) is 2.37. The molecule has 0 radical (unpaired) electrons. The molecule has 0 aliphatic rings. The Bertz CT molecular complexity index is 322. The minimum Gasteiger partial charge on any atom is -0.469 e. The number of methoxy groups -OCH3 is 1. The second kappa shape index (κ2) is 5.50. The van der Waals surface area contributed by atoms with Gasteiger partial charge in [-0.1, -0.05) is 0 Å². The largest absolute Gasteiger partial charge is 0.469 e. The molecule has 0 saturated carbocycles. The summed E-state index contributed by atoms with van der Waals surface area (Å²) >= 11 is 0. The number of aryl methyl sites for hydroxylation is 1. The SMILES string of the molecule is CCn1cc(C(CN)CC(=O)OC)cn1. The molecule has 5 heteroatoms. The van der Waals surface area contributed by atoms with Crippen LogP contribution in [0.15, 0.2) is 12.4 Å². The third kappa shape index (κ3) is 3.06. The van der Waals surface area contributed by atoms with Gasteiger partial charge in [-0.3, -0.25) is 9.48 Å². The molecule has 1 aromatic heterocycles. The van der Waals surface area contributed by atoms with Crippen molar-refractivity contribution in [2.75, 3.05) is 13.7 Å². The lowest BCUT2D eigenvalue weighted by Crippen LogP contribution is -2.16. The number of esters is 1. The van der Waals surface area contributed by atoms with Gasteiger partial charge >= 0.3 is 5.97 Å². The van der Waals surface area contributed by atoms with Gasteiger partial charge in [-0.05, 0) is 19.0 Å². The van der Waals surface area contributed by atoms with Crippen LogP contribution in [0.4, 0.5) is 0 Å². The van der Waals surface area contributed by atoms with E-state index in [9.17, 15) is 4.79 Å². The summed E-state index contributed by atoms with van der Waals surface area (Å²) in [4.78, 5) is 11.1. The predicted molar refractivity (Wildman–Crippen MR) is 56.3 cm³/mol. The van der Waals surface area contributed by atoms with Crippen LogP contribution in [0, 0.1) is 0 Å². The molecule has 1 rings (SSSR count). The van der Waals surface area contributed by atoms with E-state index in [0.717, 1.165) is 12.1 Å². The van der Waals surface area contributed by atoms with Crippen LogP contribution in [0.1, 0.15) is 24.8 Å². The highest BCUT2D eigenvalue weighted by molar-refractivity contribution is 5.70. The maximum Gasteiger partial charge on any atom is 0.306 e. The van der Waals surface area contributed by atoms with Crippen LogP contribution in [0.5, 0.6) is 0 Å². The highest BCUT2D eigenvalue weighted by Gasteiger charge is 2.16. The molecule has 1 atom stereocenters. The Kier molecular flexibility index (Phi) is 4.30. The number of carbonyl (C=O) groups is 1. The number of nitrogens with two attached hydrogens (primary N) is 1. The predicted octanol–water partition coefficient (Wildman–Crippen LogP) is 0.508. The number of hydrogen-bond acceptors (Lipinski definition) is 4. The van der Waals surface area contributed by atoms with Crippen LogP contribution in [-0.2, 0) is 16.1 Å². The van der Waals surface area contributed by atoms with Crippen molar-refractivity contribution >= 4 is 5.97 Å². The van der Waals surface area contributed by atoms with Gasteiger partial charge in [0, 0.05) is 18.7 Å². The summed E-state index contributed by atoms with van der Waals surface area (Å²) in [5, 5.41) is 4.15. The summed E-state index contributed by atoms with van der Waals surface area (Å²) in [6.07, 6.45) is 3.98. The van der Waals surface area contributed by atoms with E-state index in [4.69, 9.17) is 5.73 Å². The van der Waals surface area contributed by atoms with E-state index in [0.29, 0.717) is 13.0 Å². The Labute approximate surface area is 89.2 Å². The van der Waals surface area contributed by atoms with Crippen LogP contribution in [0.3, 0.4) is 0 Å². The molecule has 0 aliphatic heterocycles. The van der Waals surface area contributed by atoms with Crippen molar-refractivity contribution in [1.29, 1.82) is 0 Å². The van der Waals surface area contributed by atoms with Gasteiger partial charge in [0.25, 0.3) is 0 Å². The molecule has 0 fully saturated rings. The monoisotopic (exact) mass is 211 g/mol. The number of hydrogen-bond donors (Lipinski definition) is 1. The zero-order valence-electron chi connectivity index (χ0n) is 9.14. The molecule has 84 valence electrons. The van der Waals surface area contributed by atoms with E-state index < -0.39 is 0 Å². The molecule has 0 saturated heterocycles. The summed E-state index contributed by atoms with van der Waals surface area (Å²) in [5.74, 6) is -0.243. The van der Waals surface area contributed by atoms with Gasteiger partial charge in [-0.15, -0.1) is 0 Å². The summed E-state index contributed by atoms with van der Waals surface area (Å²) in [6.45, 7) is 3.24. The average Bonchev–Trinajstić information content (AvgIpc) is 2.73. The molecule has 0 amide bonds. The molecule has 0 bridgehead atoms. The topological polar surface area (TPSA) is 70.1 Å². The minimum atomic E-state index is -0.241. The van der Waals surface area contributed by atoms with Crippen molar-refractivity contribution in [3.8, 4) is 0 Å². The van der Waals surface area contributed by atoms with Gasteiger partial charge in [0.15, 0.2) is 0 Å². The lowest BCUT2D eigenvalue weighted by atomic mass is 9.99. The number of aromatic nitrogens is 2.